The van der Waals surface area contributed by atoms with Crippen LogP contribution in [0.4, 0.5) is 17.8 Å². The molecule has 1 unspecified atom stereocenters. The minimum Gasteiger partial charge on any atom is -0.368 e. The summed E-state index contributed by atoms with van der Waals surface area (Å²) in [7, 11) is 3.42. The molecule has 8 nitrogen and oxygen atoms in total. The molecule has 1 aliphatic heterocycles. The first-order valence-corrected chi connectivity index (χ1v) is 7.21. The fraction of sp³-hybridized carbons (Fsp3) is 0.692. The number of anilines is 3. The van der Waals surface area contributed by atoms with Crippen molar-refractivity contribution >= 4 is 23.8 Å². The highest BCUT2D eigenvalue weighted by atomic mass is 16.2. The molecule has 2 rings (SSSR count). The Morgan fingerprint density at radius 1 is 1.24 bits per heavy atom. The third-order valence-electron chi connectivity index (χ3n) is 3.44. The van der Waals surface area contributed by atoms with Gasteiger partial charge in [-0.1, -0.05) is 0 Å². The molecule has 1 saturated heterocycles. The molecular formula is C13H23N7O. The van der Waals surface area contributed by atoms with Crippen molar-refractivity contribution in [3.63, 3.8) is 0 Å². The van der Waals surface area contributed by atoms with E-state index in [1.165, 1.54) is 11.3 Å². The SMILES string of the molecule is CC(Nc1nc(N)nc(N2CCCCC2)n1)C(=O)N(C)C. The number of hydrogen-bond donors (Lipinski definition) is 2. The van der Waals surface area contributed by atoms with Gasteiger partial charge in [-0.05, 0) is 26.2 Å². The average molecular weight is 293 g/mol. The van der Waals surface area contributed by atoms with Gasteiger partial charge in [0.25, 0.3) is 0 Å². The molecule has 1 aliphatic rings. The molecule has 116 valence electrons. The van der Waals surface area contributed by atoms with E-state index in [9.17, 15) is 4.79 Å². The number of nitrogen functional groups attached to an aromatic ring is 1. The first-order valence-electron chi connectivity index (χ1n) is 7.21. The molecule has 1 aromatic heterocycles. The van der Waals surface area contributed by atoms with Gasteiger partial charge in [0.05, 0.1) is 0 Å². The normalized spacial score (nSPS) is 16.4. The maximum Gasteiger partial charge on any atom is 0.244 e. The lowest BCUT2D eigenvalue weighted by Gasteiger charge is -2.27. The molecule has 1 atom stereocenters. The zero-order valence-corrected chi connectivity index (χ0v) is 12.8. The van der Waals surface area contributed by atoms with E-state index >= 15 is 0 Å². The van der Waals surface area contributed by atoms with E-state index in [-0.39, 0.29) is 11.9 Å². The van der Waals surface area contributed by atoms with Gasteiger partial charge in [-0.25, -0.2) is 0 Å². The number of carbonyl (C=O) groups excluding carboxylic acids is 1. The minimum atomic E-state index is -0.420. The second kappa shape index (κ2) is 6.55. The Kier molecular flexibility index (Phi) is 4.77. The summed E-state index contributed by atoms with van der Waals surface area (Å²) in [6, 6.07) is -0.420. The number of carbonyl (C=O) groups is 1. The molecule has 3 N–H and O–H groups in total. The summed E-state index contributed by atoms with van der Waals surface area (Å²) in [5.41, 5.74) is 5.75. The van der Waals surface area contributed by atoms with Crippen LogP contribution in [0.25, 0.3) is 0 Å². The first-order chi connectivity index (χ1) is 9.97. The van der Waals surface area contributed by atoms with Crippen molar-refractivity contribution < 1.29 is 4.79 Å². The predicted molar refractivity (Wildman–Crippen MR) is 82.1 cm³/mol. The van der Waals surface area contributed by atoms with Crippen LogP contribution < -0.4 is 16.0 Å². The van der Waals surface area contributed by atoms with Gasteiger partial charge in [-0.15, -0.1) is 0 Å². The van der Waals surface area contributed by atoms with Crippen LogP contribution in [0.5, 0.6) is 0 Å². The lowest BCUT2D eigenvalue weighted by atomic mass is 10.1. The zero-order chi connectivity index (χ0) is 15.4. The highest BCUT2D eigenvalue weighted by Crippen LogP contribution is 2.17. The van der Waals surface area contributed by atoms with Crippen molar-refractivity contribution in [3.8, 4) is 0 Å². The van der Waals surface area contributed by atoms with E-state index < -0.39 is 6.04 Å². The molecule has 1 aromatic rings. The summed E-state index contributed by atoms with van der Waals surface area (Å²) < 4.78 is 0. The van der Waals surface area contributed by atoms with Gasteiger partial charge in [0.2, 0.25) is 23.8 Å². The summed E-state index contributed by atoms with van der Waals surface area (Å²) in [4.78, 5) is 28.1. The minimum absolute atomic E-state index is 0.0477. The Morgan fingerprint density at radius 2 is 1.90 bits per heavy atom. The van der Waals surface area contributed by atoms with Crippen LogP contribution in [0.2, 0.25) is 0 Å². The number of amides is 1. The molecule has 0 aliphatic carbocycles. The van der Waals surface area contributed by atoms with Crippen LogP contribution >= 0.6 is 0 Å². The van der Waals surface area contributed by atoms with Crippen LogP contribution in [-0.2, 0) is 4.79 Å². The molecule has 0 bridgehead atoms. The molecule has 0 spiro atoms. The van der Waals surface area contributed by atoms with Crippen LogP contribution in [0.1, 0.15) is 26.2 Å². The van der Waals surface area contributed by atoms with E-state index in [2.05, 4.69) is 25.2 Å². The van der Waals surface area contributed by atoms with Crippen molar-refractivity contribution in [2.45, 2.75) is 32.2 Å². The largest absolute Gasteiger partial charge is 0.368 e. The van der Waals surface area contributed by atoms with Crippen molar-refractivity contribution in [1.82, 2.24) is 19.9 Å². The van der Waals surface area contributed by atoms with Gasteiger partial charge >= 0.3 is 0 Å². The number of likely N-dealkylation sites (N-methyl/N-ethyl adjacent to an activating group) is 1. The van der Waals surface area contributed by atoms with Gasteiger partial charge in [0.15, 0.2) is 0 Å². The second-order valence-electron chi connectivity index (χ2n) is 5.46. The van der Waals surface area contributed by atoms with Crippen molar-refractivity contribution in [2.75, 3.05) is 43.1 Å². The molecule has 8 heteroatoms. The van der Waals surface area contributed by atoms with Gasteiger partial charge in [-0.3, -0.25) is 4.79 Å². The Balaban J connectivity index is 2.13. The Bertz CT molecular complexity index is 499. The third kappa shape index (κ3) is 3.93. The fourth-order valence-electron chi connectivity index (χ4n) is 2.32. The number of nitrogens with one attached hydrogen (secondary N) is 1. The summed E-state index contributed by atoms with van der Waals surface area (Å²) in [6.07, 6.45) is 3.49. The summed E-state index contributed by atoms with van der Waals surface area (Å²) in [5, 5.41) is 2.98. The lowest BCUT2D eigenvalue weighted by molar-refractivity contribution is -0.129. The Labute approximate surface area is 124 Å². The van der Waals surface area contributed by atoms with Crippen LogP contribution in [0, 0.1) is 0 Å². The fourth-order valence-corrected chi connectivity index (χ4v) is 2.32. The van der Waals surface area contributed by atoms with Crippen molar-refractivity contribution in [1.29, 1.82) is 0 Å². The standard InChI is InChI=1S/C13H23N7O/c1-9(10(21)19(2)3)15-12-16-11(14)17-13(18-12)20-7-5-4-6-8-20/h9H,4-8H2,1-3H3,(H3,14,15,16,17,18). The maximum absolute atomic E-state index is 11.9. The zero-order valence-electron chi connectivity index (χ0n) is 12.8. The second-order valence-corrected chi connectivity index (χ2v) is 5.46. The monoisotopic (exact) mass is 293 g/mol. The summed E-state index contributed by atoms with van der Waals surface area (Å²) in [6.45, 7) is 3.62. The van der Waals surface area contributed by atoms with Crippen molar-refractivity contribution in [2.24, 2.45) is 0 Å². The number of rotatable bonds is 4. The predicted octanol–water partition coefficient (Wildman–Crippen LogP) is 0.333. The van der Waals surface area contributed by atoms with Gasteiger partial charge in [0.1, 0.15) is 6.04 Å². The summed E-state index contributed by atoms with van der Waals surface area (Å²) in [5.74, 6) is 1.03. The van der Waals surface area contributed by atoms with Gasteiger partial charge < -0.3 is 20.9 Å². The Hall–Kier alpha value is -2.12. The first kappa shape index (κ1) is 15.3. The number of hydrogen-bond acceptors (Lipinski definition) is 7. The Morgan fingerprint density at radius 3 is 2.52 bits per heavy atom. The van der Waals surface area contributed by atoms with E-state index in [1.807, 2.05) is 0 Å². The molecule has 1 amide bonds. The lowest BCUT2D eigenvalue weighted by Crippen LogP contribution is -2.37. The van der Waals surface area contributed by atoms with Gasteiger partial charge in [0, 0.05) is 27.2 Å². The summed E-state index contributed by atoms with van der Waals surface area (Å²) >= 11 is 0. The highest BCUT2D eigenvalue weighted by molar-refractivity contribution is 5.83. The number of aromatic nitrogens is 3. The van der Waals surface area contributed by atoms with Crippen LogP contribution in [0.15, 0.2) is 0 Å². The number of nitrogens with two attached hydrogens (primary N) is 1. The van der Waals surface area contributed by atoms with Crippen LogP contribution in [0.3, 0.4) is 0 Å². The van der Waals surface area contributed by atoms with E-state index in [1.54, 1.807) is 21.0 Å². The molecule has 21 heavy (non-hydrogen) atoms. The third-order valence-corrected chi connectivity index (χ3v) is 3.44. The number of nitrogens with zero attached hydrogens (tertiary/aromatic N) is 5. The average Bonchev–Trinajstić information content (AvgIpc) is 2.46. The molecule has 0 saturated carbocycles. The molecular weight excluding hydrogens is 270 g/mol. The molecule has 0 aromatic carbocycles. The topological polar surface area (TPSA) is 100 Å². The van der Waals surface area contributed by atoms with E-state index in [0.29, 0.717) is 11.9 Å². The van der Waals surface area contributed by atoms with E-state index in [0.717, 1.165) is 25.9 Å². The smallest absolute Gasteiger partial charge is 0.244 e. The molecule has 1 fully saturated rings. The van der Waals surface area contributed by atoms with Crippen LogP contribution in [-0.4, -0.2) is 59.0 Å². The molecule has 2 heterocycles. The highest BCUT2D eigenvalue weighted by Gasteiger charge is 2.19. The number of piperidine rings is 1. The van der Waals surface area contributed by atoms with Crippen molar-refractivity contribution in [3.05, 3.63) is 0 Å². The quantitative estimate of drug-likeness (QED) is 0.825. The van der Waals surface area contributed by atoms with Gasteiger partial charge in [-0.2, -0.15) is 15.0 Å². The molecule has 0 radical (unpaired) electrons. The maximum atomic E-state index is 11.9. The van der Waals surface area contributed by atoms with E-state index in [4.69, 9.17) is 5.73 Å².